The van der Waals surface area contributed by atoms with Gasteiger partial charge in [0.15, 0.2) is 0 Å². The van der Waals surface area contributed by atoms with Gasteiger partial charge in [-0.1, -0.05) is 24.1 Å². The van der Waals surface area contributed by atoms with Crippen LogP contribution in [0.1, 0.15) is 5.69 Å². The molecule has 0 atom stereocenters. The molecule has 57 valence electrons. The fourth-order valence-corrected chi connectivity index (χ4v) is 1.32. The third-order valence-corrected chi connectivity index (χ3v) is 1.86. The van der Waals surface area contributed by atoms with Crippen LogP contribution in [0.2, 0.25) is 0 Å². The number of fused-ring (bicyclic) bond motifs is 1. The van der Waals surface area contributed by atoms with Gasteiger partial charge in [-0.3, -0.25) is 0 Å². The Morgan fingerprint density at radius 3 is 2.92 bits per heavy atom. The van der Waals surface area contributed by atoms with E-state index in [2.05, 4.69) is 23.0 Å². The Bertz CT molecular complexity index is 398. The van der Waals surface area contributed by atoms with E-state index in [0.29, 0.717) is 6.42 Å². The summed E-state index contributed by atoms with van der Waals surface area (Å²) in [7, 11) is 0. The van der Waals surface area contributed by atoms with Gasteiger partial charge in [0.1, 0.15) is 0 Å². The first-order valence-electron chi connectivity index (χ1n) is 3.86. The minimum atomic E-state index is 0.564. The van der Waals surface area contributed by atoms with Crippen LogP contribution in [0, 0.1) is 12.3 Å². The van der Waals surface area contributed by atoms with Gasteiger partial charge in [-0.05, 0) is 23.9 Å². The number of hydrogen-bond donors (Lipinski definition) is 1. The van der Waals surface area contributed by atoms with Gasteiger partial charge in [0, 0.05) is 11.2 Å². The molecule has 0 amide bonds. The lowest BCUT2D eigenvalue weighted by Crippen LogP contribution is -1.77. The van der Waals surface area contributed by atoms with Crippen LogP contribution in [-0.2, 0) is 6.42 Å². The molecule has 1 heteroatoms. The van der Waals surface area contributed by atoms with Crippen LogP contribution in [-0.4, -0.2) is 4.98 Å². The second kappa shape index (κ2) is 2.75. The summed E-state index contributed by atoms with van der Waals surface area (Å²) < 4.78 is 0. The number of aromatic amines is 1. The standard InChI is InChI=1S/C11H8N/c1-2-5-10-8-9-6-3-4-7-11(9)12-10/h3-4,6-8,12H,5H2. The summed E-state index contributed by atoms with van der Waals surface area (Å²) >= 11 is 0. The fraction of sp³-hybridized carbons (Fsp3) is 0.0909. The average molecular weight is 154 g/mol. The topological polar surface area (TPSA) is 15.8 Å². The average Bonchev–Trinajstić information content (AvgIpc) is 2.47. The van der Waals surface area contributed by atoms with Crippen molar-refractivity contribution >= 4 is 10.9 Å². The molecule has 0 aliphatic heterocycles. The number of aromatic nitrogens is 1. The normalized spacial score (nSPS) is 9.92. The summed E-state index contributed by atoms with van der Waals surface area (Å²) in [5.41, 5.74) is 2.17. The van der Waals surface area contributed by atoms with Gasteiger partial charge in [-0.25, -0.2) is 0 Å². The highest BCUT2D eigenvalue weighted by atomic mass is 14.7. The minimum absolute atomic E-state index is 0.564. The Morgan fingerprint density at radius 2 is 2.17 bits per heavy atom. The number of hydrogen-bond acceptors (Lipinski definition) is 0. The molecule has 12 heavy (non-hydrogen) atoms. The zero-order valence-corrected chi connectivity index (χ0v) is 6.59. The van der Waals surface area contributed by atoms with Crippen molar-refractivity contribution in [3.63, 3.8) is 0 Å². The molecule has 1 radical (unpaired) electrons. The van der Waals surface area contributed by atoms with Gasteiger partial charge in [-0.15, -0.1) is 0 Å². The van der Waals surface area contributed by atoms with Gasteiger partial charge in [0.05, 0.1) is 6.42 Å². The molecule has 1 heterocycles. The predicted molar refractivity (Wildman–Crippen MR) is 49.1 cm³/mol. The van der Waals surface area contributed by atoms with E-state index in [1.807, 2.05) is 18.2 Å². The maximum atomic E-state index is 6.84. The van der Waals surface area contributed by atoms with E-state index in [4.69, 9.17) is 6.42 Å². The van der Waals surface area contributed by atoms with E-state index in [-0.39, 0.29) is 0 Å². The number of rotatable bonds is 1. The van der Waals surface area contributed by atoms with E-state index >= 15 is 0 Å². The molecule has 0 unspecified atom stereocenters. The van der Waals surface area contributed by atoms with Crippen LogP contribution in [0.5, 0.6) is 0 Å². The molecule has 2 rings (SSSR count). The third-order valence-electron chi connectivity index (χ3n) is 1.86. The fourth-order valence-electron chi connectivity index (χ4n) is 1.32. The Balaban J connectivity index is 2.56. The molecular weight excluding hydrogens is 146 g/mol. The summed E-state index contributed by atoms with van der Waals surface area (Å²) in [6, 6.07) is 10.1. The van der Waals surface area contributed by atoms with Crippen molar-refractivity contribution < 1.29 is 0 Å². The van der Waals surface area contributed by atoms with Crippen LogP contribution in [0.4, 0.5) is 0 Å². The molecule has 0 fully saturated rings. The molecule has 0 spiro atoms. The monoisotopic (exact) mass is 154 g/mol. The van der Waals surface area contributed by atoms with E-state index in [1.165, 1.54) is 5.39 Å². The first-order valence-corrected chi connectivity index (χ1v) is 3.86. The van der Waals surface area contributed by atoms with E-state index < -0.39 is 0 Å². The molecule has 0 saturated heterocycles. The highest BCUT2D eigenvalue weighted by Gasteiger charge is 1.96. The quantitative estimate of drug-likeness (QED) is 0.606. The Hall–Kier alpha value is -1.68. The number of benzene rings is 1. The summed E-state index contributed by atoms with van der Waals surface area (Å²) in [5.74, 6) is 2.36. The molecular formula is C11H8N. The van der Waals surface area contributed by atoms with Crippen molar-refractivity contribution in [1.29, 1.82) is 0 Å². The van der Waals surface area contributed by atoms with Crippen molar-refractivity contribution in [2.45, 2.75) is 6.42 Å². The zero-order valence-electron chi connectivity index (χ0n) is 6.59. The van der Waals surface area contributed by atoms with Crippen molar-refractivity contribution in [2.24, 2.45) is 0 Å². The number of H-pyrrole nitrogens is 1. The van der Waals surface area contributed by atoms with Gasteiger partial charge in [0.25, 0.3) is 0 Å². The Labute approximate surface area is 71.4 Å². The lowest BCUT2D eigenvalue weighted by molar-refractivity contribution is 1.20. The van der Waals surface area contributed by atoms with Crippen molar-refractivity contribution in [2.75, 3.05) is 0 Å². The smallest absolute Gasteiger partial charge is 0.0502 e. The van der Waals surface area contributed by atoms with Crippen LogP contribution in [0.15, 0.2) is 30.3 Å². The van der Waals surface area contributed by atoms with Crippen LogP contribution in [0.3, 0.4) is 0 Å². The molecule has 0 bridgehead atoms. The SMILES string of the molecule is [C]#CCc1cc2ccccc2[nH]1. The van der Waals surface area contributed by atoms with E-state index in [1.54, 1.807) is 0 Å². The highest BCUT2D eigenvalue weighted by molar-refractivity contribution is 5.80. The molecule has 0 aliphatic carbocycles. The van der Waals surface area contributed by atoms with Gasteiger partial charge >= 0.3 is 0 Å². The molecule has 1 N–H and O–H groups in total. The molecule has 1 aromatic carbocycles. The van der Waals surface area contributed by atoms with Gasteiger partial charge < -0.3 is 4.98 Å². The maximum absolute atomic E-state index is 6.84. The van der Waals surface area contributed by atoms with Gasteiger partial charge in [-0.2, -0.15) is 0 Å². The first kappa shape index (κ1) is 7.00. The lowest BCUT2D eigenvalue weighted by atomic mass is 10.2. The Kier molecular flexibility index (Phi) is 1.60. The summed E-state index contributed by atoms with van der Waals surface area (Å²) in [6.45, 7) is 0. The second-order valence-electron chi connectivity index (χ2n) is 2.74. The first-order chi connectivity index (χ1) is 5.90. The molecule has 1 nitrogen and oxygen atoms in total. The molecule has 0 aliphatic rings. The minimum Gasteiger partial charge on any atom is -0.358 e. The molecule has 2 aromatic rings. The summed E-state index contributed by atoms with van der Waals surface area (Å²) in [6.07, 6.45) is 7.41. The third kappa shape index (κ3) is 1.08. The second-order valence-corrected chi connectivity index (χ2v) is 2.74. The zero-order chi connectivity index (χ0) is 8.39. The Morgan fingerprint density at radius 1 is 1.33 bits per heavy atom. The lowest BCUT2D eigenvalue weighted by Gasteiger charge is -1.84. The number of nitrogens with one attached hydrogen (secondary N) is 1. The van der Waals surface area contributed by atoms with E-state index in [9.17, 15) is 0 Å². The largest absolute Gasteiger partial charge is 0.358 e. The van der Waals surface area contributed by atoms with Gasteiger partial charge in [0.2, 0.25) is 0 Å². The molecule has 0 saturated carbocycles. The summed E-state index contributed by atoms with van der Waals surface area (Å²) in [4.78, 5) is 3.21. The maximum Gasteiger partial charge on any atom is 0.0502 e. The molecule has 1 aromatic heterocycles. The summed E-state index contributed by atoms with van der Waals surface area (Å²) in [5, 5.41) is 1.20. The highest BCUT2D eigenvalue weighted by Crippen LogP contribution is 2.14. The van der Waals surface area contributed by atoms with Crippen LogP contribution < -0.4 is 0 Å². The van der Waals surface area contributed by atoms with Crippen LogP contribution in [0.25, 0.3) is 10.9 Å². The van der Waals surface area contributed by atoms with Crippen molar-refractivity contribution in [3.8, 4) is 5.92 Å². The predicted octanol–water partition coefficient (Wildman–Crippen LogP) is 2.30. The van der Waals surface area contributed by atoms with Crippen molar-refractivity contribution in [3.05, 3.63) is 42.4 Å². The van der Waals surface area contributed by atoms with E-state index in [0.717, 1.165) is 11.2 Å². The van der Waals surface area contributed by atoms with Crippen LogP contribution >= 0.6 is 0 Å². The number of para-hydroxylation sites is 1. The van der Waals surface area contributed by atoms with Crippen molar-refractivity contribution in [1.82, 2.24) is 4.98 Å².